The van der Waals surface area contributed by atoms with E-state index in [9.17, 15) is 13.6 Å². The number of anilines is 1. The van der Waals surface area contributed by atoms with Crippen molar-refractivity contribution in [1.82, 2.24) is 5.32 Å². The summed E-state index contributed by atoms with van der Waals surface area (Å²) in [6.07, 6.45) is 0. The number of nitrogens with one attached hydrogen (secondary N) is 2. The van der Waals surface area contributed by atoms with E-state index in [-0.39, 0.29) is 10.2 Å². The molecule has 3 nitrogen and oxygen atoms in total. The monoisotopic (exact) mass is 340 g/mol. The zero-order valence-corrected chi connectivity index (χ0v) is 11.9. The number of carbonyl (C=O) groups excluding carboxylic acids is 1. The normalized spacial score (nSPS) is 10.2. The summed E-state index contributed by atoms with van der Waals surface area (Å²) in [6.45, 7) is 0.316. The molecule has 0 saturated heterocycles. The zero-order chi connectivity index (χ0) is 14.5. The third kappa shape index (κ3) is 3.54. The van der Waals surface area contributed by atoms with Crippen molar-refractivity contribution in [3.05, 3.63) is 64.1 Å². The fraction of sp³-hybridized carbons (Fsp3) is 0.0714. The molecule has 0 heterocycles. The van der Waals surface area contributed by atoms with Gasteiger partial charge < -0.3 is 10.6 Å². The number of halogens is 3. The molecule has 0 saturated carbocycles. The van der Waals surface area contributed by atoms with Gasteiger partial charge in [0.2, 0.25) is 0 Å². The van der Waals surface area contributed by atoms with Crippen LogP contribution in [0.3, 0.4) is 0 Å². The molecule has 2 N–H and O–H groups in total. The van der Waals surface area contributed by atoms with Crippen molar-refractivity contribution in [3.63, 3.8) is 0 Å². The Labute approximate surface area is 123 Å². The zero-order valence-electron chi connectivity index (χ0n) is 10.3. The molecule has 2 rings (SSSR count). The van der Waals surface area contributed by atoms with Crippen LogP contribution in [0.15, 0.2) is 46.9 Å². The first-order valence-electron chi connectivity index (χ1n) is 5.80. The van der Waals surface area contributed by atoms with Crippen LogP contribution in [0.25, 0.3) is 0 Å². The molecule has 0 radical (unpaired) electrons. The first-order valence-corrected chi connectivity index (χ1v) is 6.59. The highest BCUT2D eigenvalue weighted by molar-refractivity contribution is 9.10. The highest BCUT2D eigenvalue weighted by Crippen LogP contribution is 2.25. The summed E-state index contributed by atoms with van der Waals surface area (Å²) in [5, 5.41) is 4.91. The van der Waals surface area contributed by atoms with Crippen molar-refractivity contribution in [2.45, 2.75) is 6.54 Å². The lowest BCUT2D eigenvalue weighted by molar-refractivity contribution is 0.251. The molecule has 0 atom stereocenters. The maximum Gasteiger partial charge on any atom is 0.319 e. The van der Waals surface area contributed by atoms with Gasteiger partial charge in [-0.3, -0.25) is 0 Å². The van der Waals surface area contributed by atoms with E-state index in [4.69, 9.17) is 0 Å². The maximum absolute atomic E-state index is 13.7. The fourth-order valence-corrected chi connectivity index (χ4v) is 1.91. The molecule has 104 valence electrons. The van der Waals surface area contributed by atoms with Crippen LogP contribution in [0.5, 0.6) is 0 Å². The molecule has 2 aromatic rings. The van der Waals surface area contributed by atoms with Crippen LogP contribution in [0, 0.1) is 11.6 Å². The Morgan fingerprint density at radius 1 is 1.10 bits per heavy atom. The first-order chi connectivity index (χ1) is 9.58. The summed E-state index contributed by atoms with van der Waals surface area (Å²) < 4.78 is 26.4. The highest BCUT2D eigenvalue weighted by Gasteiger charge is 2.13. The van der Waals surface area contributed by atoms with Crippen LogP contribution in [-0.4, -0.2) is 6.03 Å². The minimum Gasteiger partial charge on any atom is -0.334 e. The predicted octanol–water partition coefficient (Wildman–Crippen LogP) is 4.05. The summed E-state index contributed by atoms with van der Waals surface area (Å²) in [6, 6.07) is 11.0. The van der Waals surface area contributed by atoms with Gasteiger partial charge in [0.15, 0.2) is 5.82 Å². The van der Waals surface area contributed by atoms with Crippen LogP contribution < -0.4 is 10.6 Å². The molecule has 0 aliphatic carbocycles. The Bertz CT molecular complexity index is 620. The van der Waals surface area contributed by atoms with Gasteiger partial charge in [-0.1, -0.05) is 30.3 Å². The van der Waals surface area contributed by atoms with Crippen molar-refractivity contribution >= 4 is 27.6 Å². The Kier molecular flexibility index (Phi) is 4.68. The molecular weight excluding hydrogens is 330 g/mol. The average Bonchev–Trinajstić information content (AvgIpc) is 2.47. The summed E-state index contributed by atoms with van der Waals surface area (Å²) in [4.78, 5) is 11.6. The topological polar surface area (TPSA) is 41.1 Å². The van der Waals surface area contributed by atoms with E-state index in [0.717, 1.165) is 17.7 Å². The molecule has 2 aromatic carbocycles. The minimum atomic E-state index is -0.847. The van der Waals surface area contributed by atoms with Gasteiger partial charge in [0.1, 0.15) is 5.82 Å². The number of rotatable bonds is 3. The Morgan fingerprint density at radius 2 is 1.80 bits per heavy atom. The molecule has 6 heteroatoms. The number of hydrogen-bond acceptors (Lipinski definition) is 1. The van der Waals surface area contributed by atoms with Gasteiger partial charge in [-0.25, -0.2) is 13.6 Å². The van der Waals surface area contributed by atoms with Crippen molar-refractivity contribution in [2.24, 2.45) is 0 Å². The largest absolute Gasteiger partial charge is 0.334 e. The lowest BCUT2D eigenvalue weighted by Gasteiger charge is -2.09. The number of hydrogen-bond donors (Lipinski definition) is 2. The Hall–Kier alpha value is -1.95. The van der Waals surface area contributed by atoms with Gasteiger partial charge in [0.25, 0.3) is 0 Å². The summed E-state index contributed by atoms with van der Waals surface area (Å²) in [7, 11) is 0. The standard InChI is InChI=1S/C14H11BrF2N2O/c15-12-10(16)6-7-11(13(12)17)19-14(20)18-8-9-4-2-1-3-5-9/h1-7H,8H2,(H2,18,19,20). The number of carbonyl (C=O) groups is 1. The summed E-state index contributed by atoms with van der Waals surface area (Å²) >= 11 is 2.77. The molecule has 0 aromatic heterocycles. The molecule has 0 spiro atoms. The molecule has 0 aliphatic rings. The summed E-state index contributed by atoms with van der Waals surface area (Å²) in [5.74, 6) is -1.57. The van der Waals surface area contributed by atoms with E-state index in [1.54, 1.807) is 0 Å². The van der Waals surface area contributed by atoms with Gasteiger partial charge >= 0.3 is 6.03 Å². The SMILES string of the molecule is O=C(NCc1ccccc1)Nc1ccc(F)c(Br)c1F. The van der Waals surface area contributed by atoms with E-state index in [2.05, 4.69) is 26.6 Å². The van der Waals surface area contributed by atoms with E-state index in [1.165, 1.54) is 0 Å². The average molecular weight is 341 g/mol. The predicted molar refractivity (Wildman–Crippen MR) is 76.4 cm³/mol. The maximum atomic E-state index is 13.7. The second-order valence-corrected chi connectivity index (χ2v) is 4.81. The second-order valence-electron chi connectivity index (χ2n) is 4.02. The molecule has 0 fully saturated rings. The van der Waals surface area contributed by atoms with Gasteiger partial charge in [0.05, 0.1) is 10.2 Å². The molecular formula is C14H11BrF2N2O. The first kappa shape index (κ1) is 14.5. The Morgan fingerprint density at radius 3 is 2.50 bits per heavy atom. The fourth-order valence-electron chi connectivity index (χ4n) is 1.57. The van der Waals surface area contributed by atoms with Gasteiger partial charge in [-0.15, -0.1) is 0 Å². The lowest BCUT2D eigenvalue weighted by Crippen LogP contribution is -2.28. The number of benzene rings is 2. The van der Waals surface area contributed by atoms with E-state index >= 15 is 0 Å². The molecule has 0 bridgehead atoms. The number of amides is 2. The van der Waals surface area contributed by atoms with Crippen molar-refractivity contribution in [2.75, 3.05) is 5.32 Å². The minimum absolute atomic E-state index is 0.0937. The Balaban J connectivity index is 1.97. The van der Waals surface area contributed by atoms with Crippen molar-refractivity contribution in [1.29, 1.82) is 0 Å². The van der Waals surface area contributed by atoms with E-state index in [0.29, 0.717) is 6.54 Å². The quantitative estimate of drug-likeness (QED) is 0.813. The third-order valence-corrected chi connectivity index (χ3v) is 3.31. The van der Waals surface area contributed by atoms with Crippen LogP contribution >= 0.6 is 15.9 Å². The van der Waals surface area contributed by atoms with E-state index < -0.39 is 17.7 Å². The highest BCUT2D eigenvalue weighted by atomic mass is 79.9. The number of urea groups is 1. The molecule has 2 amide bonds. The second kappa shape index (κ2) is 6.47. The molecule has 20 heavy (non-hydrogen) atoms. The van der Waals surface area contributed by atoms with Gasteiger partial charge in [0, 0.05) is 6.54 Å². The van der Waals surface area contributed by atoms with Crippen LogP contribution in [0.2, 0.25) is 0 Å². The van der Waals surface area contributed by atoms with Crippen molar-refractivity contribution in [3.8, 4) is 0 Å². The van der Waals surface area contributed by atoms with Crippen LogP contribution in [-0.2, 0) is 6.54 Å². The van der Waals surface area contributed by atoms with Gasteiger partial charge in [-0.05, 0) is 33.6 Å². The molecule has 0 aliphatic heterocycles. The van der Waals surface area contributed by atoms with Crippen LogP contribution in [0.1, 0.15) is 5.56 Å². The third-order valence-electron chi connectivity index (χ3n) is 2.58. The van der Waals surface area contributed by atoms with Crippen LogP contribution in [0.4, 0.5) is 19.3 Å². The van der Waals surface area contributed by atoms with E-state index in [1.807, 2.05) is 30.3 Å². The van der Waals surface area contributed by atoms with Crippen molar-refractivity contribution < 1.29 is 13.6 Å². The smallest absolute Gasteiger partial charge is 0.319 e. The summed E-state index contributed by atoms with van der Waals surface area (Å²) in [5.41, 5.74) is 0.826. The molecule has 0 unspecified atom stereocenters. The van der Waals surface area contributed by atoms with Gasteiger partial charge in [-0.2, -0.15) is 0 Å². The lowest BCUT2D eigenvalue weighted by atomic mass is 10.2.